The van der Waals surface area contributed by atoms with Crippen molar-refractivity contribution >= 4 is 11.9 Å². The number of rotatable bonds is 3. The van der Waals surface area contributed by atoms with Gasteiger partial charge in [0.1, 0.15) is 36.6 Å². The molecule has 0 aromatic rings. The molecule has 0 spiro atoms. The number of esters is 2. The van der Waals surface area contributed by atoms with Gasteiger partial charge in [-0.3, -0.25) is 9.59 Å². The average Bonchev–Trinajstić information content (AvgIpc) is 3.15. The molecule has 4 aliphatic heterocycles. The minimum Gasteiger partial charge on any atom is -0.457 e. The van der Waals surface area contributed by atoms with E-state index in [1.807, 2.05) is 13.8 Å². The molecule has 182 valence electrons. The Morgan fingerprint density at radius 1 is 0.594 bits per heavy atom. The summed E-state index contributed by atoms with van der Waals surface area (Å²) in [6.07, 6.45) is -6.02. The quantitative estimate of drug-likeness (QED) is 0.577. The van der Waals surface area contributed by atoms with Gasteiger partial charge in [-0.1, -0.05) is 0 Å². The van der Waals surface area contributed by atoms with E-state index in [2.05, 4.69) is 0 Å². The summed E-state index contributed by atoms with van der Waals surface area (Å²) in [5, 5.41) is 0. The highest BCUT2D eigenvalue weighted by Crippen LogP contribution is 2.44. The first-order valence-electron chi connectivity index (χ1n) is 11.1. The van der Waals surface area contributed by atoms with Gasteiger partial charge in [-0.15, -0.1) is 0 Å². The van der Waals surface area contributed by atoms with E-state index in [0.29, 0.717) is 0 Å². The fraction of sp³-hybridized carbons (Fsp3) is 0.909. The molecule has 4 rings (SSSR count). The summed E-state index contributed by atoms with van der Waals surface area (Å²) in [7, 11) is 0. The summed E-state index contributed by atoms with van der Waals surface area (Å²) in [5.41, 5.74) is 0. The number of hydrogen-bond donors (Lipinski definition) is 0. The van der Waals surface area contributed by atoms with Crippen molar-refractivity contribution < 1.29 is 47.5 Å². The van der Waals surface area contributed by atoms with Crippen LogP contribution in [0.25, 0.3) is 0 Å². The minimum absolute atomic E-state index is 0.384. The lowest BCUT2D eigenvalue weighted by Gasteiger charge is -2.48. The van der Waals surface area contributed by atoms with Crippen LogP contribution in [0.15, 0.2) is 0 Å². The van der Waals surface area contributed by atoms with Crippen LogP contribution in [0.5, 0.6) is 0 Å². The van der Waals surface area contributed by atoms with Gasteiger partial charge in [0.15, 0.2) is 23.8 Å². The molecule has 0 aliphatic carbocycles. The Hall–Kier alpha value is -1.30. The zero-order valence-corrected chi connectivity index (χ0v) is 19.9. The van der Waals surface area contributed by atoms with Crippen LogP contribution in [-0.2, 0) is 47.5 Å². The lowest BCUT2D eigenvalue weighted by molar-refractivity contribution is -0.275. The second kappa shape index (κ2) is 8.18. The molecule has 4 aliphatic rings. The Balaban J connectivity index is 1.69. The number of hydrogen-bond acceptors (Lipinski definition) is 10. The van der Waals surface area contributed by atoms with Crippen molar-refractivity contribution in [3.05, 3.63) is 0 Å². The van der Waals surface area contributed by atoms with E-state index in [0.717, 1.165) is 0 Å². The van der Waals surface area contributed by atoms with E-state index in [4.69, 9.17) is 37.9 Å². The molecule has 0 amide bonds. The Labute approximate surface area is 188 Å². The van der Waals surface area contributed by atoms with Crippen LogP contribution >= 0.6 is 0 Å². The van der Waals surface area contributed by atoms with Gasteiger partial charge in [-0.2, -0.15) is 0 Å². The van der Waals surface area contributed by atoms with E-state index >= 15 is 0 Å². The SMILES string of the molecule is CC(=O)O[C@@H]1[C@@H]([C@H]2O[C@@H](C)[C@H]3OC(C)(C)O[C@H]3[C@@H]2OC(C)=O)O[C@@H](C)[C@H]2OC(C)(C)O[C@@H]12. The molecule has 0 N–H and O–H groups in total. The number of carbonyl (C=O) groups excluding carboxylic acids is 2. The molecule has 0 aromatic carbocycles. The Morgan fingerprint density at radius 2 is 0.906 bits per heavy atom. The molecule has 0 unspecified atom stereocenters. The van der Waals surface area contributed by atoms with Crippen molar-refractivity contribution in [1.82, 2.24) is 0 Å². The lowest BCUT2D eigenvalue weighted by Crippen LogP contribution is -2.67. The Kier molecular flexibility index (Phi) is 6.09. The Bertz CT molecular complexity index is 689. The van der Waals surface area contributed by atoms with Crippen molar-refractivity contribution in [3.8, 4) is 0 Å². The summed E-state index contributed by atoms with van der Waals surface area (Å²) < 4.78 is 48.3. The average molecular weight is 459 g/mol. The second-order valence-corrected chi connectivity index (χ2v) is 9.89. The third-order valence-corrected chi connectivity index (χ3v) is 6.22. The van der Waals surface area contributed by atoms with Crippen LogP contribution < -0.4 is 0 Å². The van der Waals surface area contributed by atoms with Crippen molar-refractivity contribution in [2.24, 2.45) is 0 Å². The maximum Gasteiger partial charge on any atom is 0.303 e. The smallest absolute Gasteiger partial charge is 0.303 e. The van der Waals surface area contributed by atoms with Gasteiger partial charge in [-0.05, 0) is 41.5 Å². The molecule has 0 aromatic heterocycles. The summed E-state index contributed by atoms with van der Waals surface area (Å²) in [4.78, 5) is 24.0. The topological polar surface area (TPSA) is 108 Å². The predicted molar refractivity (Wildman–Crippen MR) is 107 cm³/mol. The van der Waals surface area contributed by atoms with Crippen LogP contribution in [-0.4, -0.2) is 84.6 Å². The van der Waals surface area contributed by atoms with Gasteiger partial charge in [0.25, 0.3) is 0 Å². The summed E-state index contributed by atoms with van der Waals surface area (Å²) in [6.45, 7) is 13.6. The molecule has 4 saturated heterocycles. The first-order chi connectivity index (χ1) is 14.8. The molecule has 0 radical (unpaired) electrons. The standard InChI is InChI=1S/C22H34O10/c1-9-13-19(31-21(5,6)29-13)17(27-11(3)23)15(25-9)16-18(28-12(4)24)20-14(10(2)26-16)30-22(7,8)32-20/h9-10,13-20H,1-8H3/t9-,10-,13+,14+,15+,16+,17+,18+,19+,20+/m0/s1. The van der Waals surface area contributed by atoms with Crippen molar-refractivity contribution in [1.29, 1.82) is 0 Å². The third-order valence-electron chi connectivity index (χ3n) is 6.22. The molecule has 0 saturated carbocycles. The van der Waals surface area contributed by atoms with Gasteiger partial charge in [-0.25, -0.2) is 0 Å². The van der Waals surface area contributed by atoms with Crippen LogP contribution in [0.2, 0.25) is 0 Å². The van der Waals surface area contributed by atoms with Crippen LogP contribution in [0.4, 0.5) is 0 Å². The van der Waals surface area contributed by atoms with Crippen molar-refractivity contribution in [2.45, 2.75) is 128 Å². The summed E-state index contributed by atoms with van der Waals surface area (Å²) >= 11 is 0. The zero-order valence-electron chi connectivity index (χ0n) is 19.9. The van der Waals surface area contributed by atoms with Gasteiger partial charge in [0, 0.05) is 13.8 Å². The van der Waals surface area contributed by atoms with E-state index in [1.165, 1.54) is 13.8 Å². The monoisotopic (exact) mass is 458 g/mol. The highest BCUT2D eigenvalue weighted by atomic mass is 16.8. The molecule has 10 atom stereocenters. The molecule has 32 heavy (non-hydrogen) atoms. The fourth-order valence-electron chi connectivity index (χ4n) is 5.23. The molecule has 10 nitrogen and oxygen atoms in total. The molecule has 10 heteroatoms. The maximum absolute atomic E-state index is 12.0. The number of ether oxygens (including phenoxy) is 8. The van der Waals surface area contributed by atoms with Gasteiger partial charge >= 0.3 is 11.9 Å². The third kappa shape index (κ3) is 4.41. The summed E-state index contributed by atoms with van der Waals surface area (Å²) in [5.74, 6) is -2.71. The molecular weight excluding hydrogens is 424 g/mol. The lowest BCUT2D eigenvalue weighted by atomic mass is 9.86. The van der Waals surface area contributed by atoms with Crippen LogP contribution in [0.1, 0.15) is 55.4 Å². The second-order valence-electron chi connectivity index (χ2n) is 9.89. The van der Waals surface area contributed by atoms with Crippen molar-refractivity contribution in [2.75, 3.05) is 0 Å². The first kappa shape index (κ1) is 23.8. The van der Waals surface area contributed by atoms with Gasteiger partial charge < -0.3 is 37.9 Å². The first-order valence-corrected chi connectivity index (χ1v) is 11.1. The van der Waals surface area contributed by atoms with Crippen LogP contribution in [0.3, 0.4) is 0 Å². The molecule has 0 bridgehead atoms. The highest BCUT2D eigenvalue weighted by Gasteiger charge is 2.63. The minimum atomic E-state index is -0.867. The summed E-state index contributed by atoms with van der Waals surface area (Å²) in [6, 6.07) is 0. The number of carbonyl (C=O) groups is 2. The van der Waals surface area contributed by atoms with E-state index in [-0.39, 0.29) is 12.2 Å². The van der Waals surface area contributed by atoms with E-state index < -0.39 is 72.3 Å². The van der Waals surface area contributed by atoms with Gasteiger partial charge in [0.05, 0.1) is 12.2 Å². The van der Waals surface area contributed by atoms with Crippen molar-refractivity contribution in [3.63, 3.8) is 0 Å². The molecule has 4 fully saturated rings. The molecular formula is C22H34O10. The van der Waals surface area contributed by atoms with E-state index in [9.17, 15) is 9.59 Å². The zero-order chi connectivity index (χ0) is 23.6. The largest absolute Gasteiger partial charge is 0.457 e. The fourth-order valence-corrected chi connectivity index (χ4v) is 5.23. The Morgan fingerprint density at radius 3 is 1.22 bits per heavy atom. The van der Waals surface area contributed by atoms with Gasteiger partial charge in [0.2, 0.25) is 0 Å². The normalized spacial score (nSPS) is 46.8. The highest BCUT2D eigenvalue weighted by molar-refractivity contribution is 5.66. The van der Waals surface area contributed by atoms with E-state index in [1.54, 1.807) is 27.7 Å². The molecule has 4 heterocycles. The predicted octanol–water partition coefficient (Wildman–Crippen LogP) is 1.46. The maximum atomic E-state index is 12.0. The number of fused-ring (bicyclic) bond motifs is 2. The van der Waals surface area contributed by atoms with Crippen LogP contribution in [0, 0.1) is 0 Å².